The third-order valence-electron chi connectivity index (χ3n) is 4.49. The molecule has 4 heteroatoms. The minimum Gasteiger partial charge on any atom is -0.478 e. The number of carboxylic acids is 1. The van der Waals surface area contributed by atoms with Crippen molar-refractivity contribution >= 4 is 23.4 Å². The van der Waals surface area contributed by atoms with Gasteiger partial charge in [-0.25, -0.2) is 4.79 Å². The van der Waals surface area contributed by atoms with Gasteiger partial charge in [-0.2, -0.15) is 0 Å². The number of aliphatic carboxylic acids is 1. The molecule has 0 amide bonds. The third kappa shape index (κ3) is 4.97. The first-order valence-electron chi connectivity index (χ1n) is 7.78. The maximum atomic E-state index is 10.5. The first kappa shape index (κ1) is 16.2. The van der Waals surface area contributed by atoms with Crippen LogP contribution in [0.5, 0.6) is 0 Å². The first-order chi connectivity index (χ1) is 10.1. The van der Waals surface area contributed by atoms with Gasteiger partial charge in [-0.3, -0.25) is 4.90 Å². The van der Waals surface area contributed by atoms with E-state index in [0.29, 0.717) is 6.04 Å². The molecule has 1 aromatic rings. The smallest absolute Gasteiger partial charge is 0.328 e. The quantitative estimate of drug-likeness (QED) is 0.799. The van der Waals surface area contributed by atoms with Gasteiger partial charge in [0.1, 0.15) is 0 Å². The maximum Gasteiger partial charge on any atom is 0.328 e. The third-order valence-corrected chi connectivity index (χ3v) is 5.53. The van der Waals surface area contributed by atoms with E-state index in [1.807, 2.05) is 6.07 Å². The second-order valence-electron chi connectivity index (χ2n) is 5.97. The van der Waals surface area contributed by atoms with Gasteiger partial charge in [0.2, 0.25) is 0 Å². The van der Waals surface area contributed by atoms with Crippen molar-refractivity contribution in [2.24, 2.45) is 5.92 Å². The Balaban J connectivity index is 1.85. The Morgan fingerprint density at radius 1 is 1.38 bits per heavy atom. The van der Waals surface area contributed by atoms with E-state index >= 15 is 0 Å². The molecule has 3 nitrogen and oxygen atoms in total. The molecule has 1 aliphatic carbocycles. The van der Waals surface area contributed by atoms with Crippen molar-refractivity contribution < 1.29 is 9.90 Å². The summed E-state index contributed by atoms with van der Waals surface area (Å²) in [4.78, 5) is 15.3. The summed E-state index contributed by atoms with van der Waals surface area (Å²) in [7, 11) is 2.21. The lowest BCUT2D eigenvalue weighted by atomic mass is 9.84. The van der Waals surface area contributed by atoms with Crippen LogP contribution < -0.4 is 0 Å². The number of carbonyl (C=O) groups is 1. The zero-order chi connectivity index (χ0) is 15.2. The van der Waals surface area contributed by atoms with Gasteiger partial charge < -0.3 is 5.11 Å². The van der Waals surface area contributed by atoms with E-state index in [0.717, 1.165) is 17.3 Å². The van der Waals surface area contributed by atoms with Crippen molar-refractivity contribution in [3.05, 3.63) is 28.0 Å². The van der Waals surface area contributed by atoms with Crippen LogP contribution in [0.25, 0.3) is 6.08 Å². The number of nitrogens with zero attached hydrogens (tertiary/aromatic N) is 1. The number of thiophene rings is 1. The fourth-order valence-corrected chi connectivity index (χ4v) is 4.07. The Morgan fingerprint density at radius 2 is 2.10 bits per heavy atom. The van der Waals surface area contributed by atoms with Gasteiger partial charge >= 0.3 is 5.97 Å². The minimum absolute atomic E-state index is 0.702. The van der Waals surface area contributed by atoms with Crippen molar-refractivity contribution in [3.8, 4) is 0 Å². The molecule has 1 saturated carbocycles. The molecule has 0 aromatic carbocycles. The molecule has 0 aliphatic heterocycles. The van der Waals surface area contributed by atoms with Gasteiger partial charge in [-0.1, -0.05) is 13.3 Å². The van der Waals surface area contributed by atoms with Crippen LogP contribution in [0.15, 0.2) is 18.2 Å². The Morgan fingerprint density at radius 3 is 2.71 bits per heavy atom. The van der Waals surface area contributed by atoms with E-state index in [-0.39, 0.29) is 0 Å². The number of hydrogen-bond donors (Lipinski definition) is 1. The number of carboxylic acid groups (broad SMARTS) is 1. The van der Waals surface area contributed by atoms with Gasteiger partial charge in [0.05, 0.1) is 0 Å². The first-order valence-corrected chi connectivity index (χ1v) is 8.60. The minimum atomic E-state index is -0.894. The zero-order valence-electron chi connectivity index (χ0n) is 12.9. The van der Waals surface area contributed by atoms with Gasteiger partial charge in [0, 0.05) is 28.4 Å². The molecule has 2 rings (SSSR count). The molecule has 0 atom stereocenters. The summed E-state index contributed by atoms with van der Waals surface area (Å²) in [6.07, 6.45) is 9.54. The Bertz CT molecular complexity index is 487. The van der Waals surface area contributed by atoms with Crippen LogP contribution in [0.3, 0.4) is 0 Å². The summed E-state index contributed by atoms with van der Waals surface area (Å²) < 4.78 is 0. The maximum absolute atomic E-state index is 10.5. The highest BCUT2D eigenvalue weighted by Crippen LogP contribution is 2.30. The lowest BCUT2D eigenvalue weighted by molar-refractivity contribution is -0.131. The summed E-state index contributed by atoms with van der Waals surface area (Å²) in [6, 6.07) is 4.81. The molecular formula is C17H25NO2S. The summed E-state index contributed by atoms with van der Waals surface area (Å²) in [5, 5.41) is 8.65. The Labute approximate surface area is 131 Å². The molecule has 1 N–H and O–H groups in total. The standard InChI is InChI=1S/C17H25NO2S/c1-3-13-4-6-14(7-5-13)18(2)12-16-9-8-15(21-16)10-11-17(19)20/h8-11,13-14H,3-7,12H2,1-2H3,(H,19,20). The van der Waals surface area contributed by atoms with Crippen LogP contribution in [0.1, 0.15) is 48.8 Å². The van der Waals surface area contributed by atoms with Crippen molar-refractivity contribution in [2.75, 3.05) is 7.05 Å². The Kier molecular flexibility index (Phi) is 6.00. The van der Waals surface area contributed by atoms with E-state index in [4.69, 9.17) is 5.11 Å². The van der Waals surface area contributed by atoms with Crippen molar-refractivity contribution in [3.63, 3.8) is 0 Å². The molecule has 21 heavy (non-hydrogen) atoms. The number of rotatable bonds is 6. The lowest BCUT2D eigenvalue weighted by Gasteiger charge is -2.34. The van der Waals surface area contributed by atoms with Crippen LogP contribution in [0.4, 0.5) is 0 Å². The van der Waals surface area contributed by atoms with E-state index in [1.54, 1.807) is 17.4 Å². The molecule has 1 aliphatic rings. The molecule has 0 radical (unpaired) electrons. The van der Waals surface area contributed by atoms with Crippen LogP contribution in [0, 0.1) is 5.92 Å². The second kappa shape index (κ2) is 7.76. The normalized spacial score (nSPS) is 23.0. The fourth-order valence-electron chi connectivity index (χ4n) is 3.09. The van der Waals surface area contributed by atoms with E-state index in [9.17, 15) is 4.79 Å². The predicted octanol–water partition coefficient (Wildman–Crippen LogP) is 4.25. The van der Waals surface area contributed by atoms with E-state index in [2.05, 4.69) is 24.9 Å². The summed E-state index contributed by atoms with van der Waals surface area (Å²) in [5.41, 5.74) is 0. The van der Waals surface area contributed by atoms with Gasteiger partial charge in [0.15, 0.2) is 0 Å². The molecule has 0 spiro atoms. The van der Waals surface area contributed by atoms with Crippen molar-refractivity contribution in [1.29, 1.82) is 0 Å². The zero-order valence-corrected chi connectivity index (χ0v) is 13.7. The molecule has 1 aromatic heterocycles. The lowest BCUT2D eigenvalue weighted by Crippen LogP contribution is -2.34. The number of hydrogen-bond acceptors (Lipinski definition) is 3. The highest BCUT2D eigenvalue weighted by atomic mass is 32.1. The van der Waals surface area contributed by atoms with Crippen LogP contribution in [0.2, 0.25) is 0 Å². The summed E-state index contributed by atoms with van der Waals surface area (Å²) in [5.74, 6) is 0.0406. The summed E-state index contributed by atoms with van der Waals surface area (Å²) in [6.45, 7) is 3.26. The van der Waals surface area contributed by atoms with Crippen LogP contribution >= 0.6 is 11.3 Å². The molecular weight excluding hydrogens is 282 g/mol. The van der Waals surface area contributed by atoms with Crippen LogP contribution in [-0.4, -0.2) is 29.1 Å². The molecule has 0 bridgehead atoms. The highest BCUT2D eigenvalue weighted by Gasteiger charge is 2.23. The SMILES string of the molecule is CCC1CCC(N(C)Cc2ccc(C=CC(=O)O)s2)CC1. The largest absolute Gasteiger partial charge is 0.478 e. The van der Waals surface area contributed by atoms with Gasteiger partial charge in [-0.05, 0) is 56.9 Å². The molecule has 0 unspecified atom stereocenters. The van der Waals surface area contributed by atoms with Crippen molar-refractivity contribution in [2.45, 2.75) is 51.6 Å². The monoisotopic (exact) mass is 307 g/mol. The fraction of sp³-hybridized carbons (Fsp3) is 0.588. The van der Waals surface area contributed by atoms with Crippen molar-refractivity contribution in [1.82, 2.24) is 4.90 Å². The van der Waals surface area contributed by atoms with E-state index < -0.39 is 5.97 Å². The molecule has 1 heterocycles. The average Bonchev–Trinajstić information content (AvgIpc) is 2.92. The van der Waals surface area contributed by atoms with Gasteiger partial charge in [-0.15, -0.1) is 11.3 Å². The second-order valence-corrected chi connectivity index (χ2v) is 7.17. The summed E-state index contributed by atoms with van der Waals surface area (Å²) >= 11 is 1.68. The topological polar surface area (TPSA) is 40.5 Å². The molecule has 116 valence electrons. The average molecular weight is 307 g/mol. The van der Waals surface area contributed by atoms with Crippen LogP contribution in [-0.2, 0) is 11.3 Å². The highest BCUT2D eigenvalue weighted by molar-refractivity contribution is 7.12. The predicted molar refractivity (Wildman–Crippen MR) is 88.5 cm³/mol. The Hall–Kier alpha value is -1.13. The van der Waals surface area contributed by atoms with Gasteiger partial charge in [0.25, 0.3) is 0 Å². The van der Waals surface area contributed by atoms with E-state index in [1.165, 1.54) is 43.1 Å². The molecule has 0 saturated heterocycles. The molecule has 1 fully saturated rings.